The molecule has 2 N–H and O–H groups in total. The standard InChI is InChI=1S/C13H17ClF3NOS/c1-20-8-11(4-5-19)18-7-9-6-10(13(15,16)17)2-3-12(9)14/h2-3,6,11,18-19H,4-5,7-8H2,1H3. The number of hydrogen-bond acceptors (Lipinski definition) is 3. The normalized spacial score (nSPS) is 13.5. The molecule has 0 aliphatic rings. The minimum Gasteiger partial charge on any atom is -0.396 e. The zero-order chi connectivity index (χ0) is 15.2. The van der Waals surface area contributed by atoms with Crippen LogP contribution in [0.15, 0.2) is 18.2 Å². The van der Waals surface area contributed by atoms with Gasteiger partial charge in [0.1, 0.15) is 0 Å². The highest BCUT2D eigenvalue weighted by atomic mass is 35.5. The maximum Gasteiger partial charge on any atom is 0.416 e. The highest BCUT2D eigenvalue weighted by molar-refractivity contribution is 7.98. The van der Waals surface area contributed by atoms with Gasteiger partial charge in [-0.3, -0.25) is 0 Å². The minimum atomic E-state index is -4.37. The van der Waals surface area contributed by atoms with Gasteiger partial charge < -0.3 is 10.4 Å². The number of halogens is 4. The molecular weight excluding hydrogens is 311 g/mol. The van der Waals surface area contributed by atoms with Gasteiger partial charge in [-0.25, -0.2) is 0 Å². The van der Waals surface area contributed by atoms with Crippen molar-refractivity contribution in [2.24, 2.45) is 0 Å². The molecule has 0 saturated heterocycles. The van der Waals surface area contributed by atoms with Crippen LogP contribution in [-0.2, 0) is 12.7 Å². The zero-order valence-electron chi connectivity index (χ0n) is 11.0. The summed E-state index contributed by atoms with van der Waals surface area (Å²) in [5.41, 5.74) is -0.298. The van der Waals surface area contributed by atoms with E-state index in [1.165, 1.54) is 6.07 Å². The molecule has 20 heavy (non-hydrogen) atoms. The van der Waals surface area contributed by atoms with E-state index in [2.05, 4.69) is 5.32 Å². The molecule has 1 aromatic rings. The third kappa shape index (κ3) is 5.52. The third-order valence-corrected chi connectivity index (χ3v) is 3.90. The molecule has 0 heterocycles. The molecule has 0 radical (unpaired) electrons. The third-order valence-electron chi connectivity index (χ3n) is 2.80. The van der Waals surface area contributed by atoms with Crippen LogP contribution in [0.2, 0.25) is 5.02 Å². The zero-order valence-corrected chi connectivity index (χ0v) is 12.6. The fraction of sp³-hybridized carbons (Fsp3) is 0.538. The van der Waals surface area contributed by atoms with Crippen LogP contribution in [-0.4, -0.2) is 29.8 Å². The van der Waals surface area contributed by atoms with Gasteiger partial charge in [0.15, 0.2) is 0 Å². The number of nitrogens with one attached hydrogen (secondary N) is 1. The fourth-order valence-electron chi connectivity index (χ4n) is 1.74. The van der Waals surface area contributed by atoms with Crippen molar-refractivity contribution in [2.75, 3.05) is 18.6 Å². The Bertz CT molecular complexity index is 423. The minimum absolute atomic E-state index is 0.0363. The predicted octanol–water partition coefficient (Wildman–Crippen LogP) is 3.56. The lowest BCUT2D eigenvalue weighted by molar-refractivity contribution is -0.137. The van der Waals surface area contributed by atoms with Crippen LogP contribution in [0.25, 0.3) is 0 Å². The lowest BCUT2D eigenvalue weighted by atomic mass is 10.1. The largest absolute Gasteiger partial charge is 0.416 e. The van der Waals surface area contributed by atoms with Gasteiger partial charge in [-0.1, -0.05) is 11.6 Å². The van der Waals surface area contributed by atoms with E-state index in [4.69, 9.17) is 16.7 Å². The van der Waals surface area contributed by atoms with E-state index < -0.39 is 11.7 Å². The van der Waals surface area contributed by atoms with Gasteiger partial charge in [-0.2, -0.15) is 24.9 Å². The van der Waals surface area contributed by atoms with E-state index in [-0.39, 0.29) is 19.2 Å². The summed E-state index contributed by atoms with van der Waals surface area (Å²) in [5.74, 6) is 0.775. The van der Waals surface area contributed by atoms with Crippen LogP contribution in [0.5, 0.6) is 0 Å². The molecule has 7 heteroatoms. The Kier molecular flexibility index (Phi) is 7.15. The predicted molar refractivity (Wildman–Crippen MR) is 77.2 cm³/mol. The smallest absolute Gasteiger partial charge is 0.396 e. The summed E-state index contributed by atoms with van der Waals surface area (Å²) in [6.45, 7) is 0.280. The molecule has 0 aliphatic heterocycles. The molecule has 0 aliphatic carbocycles. The van der Waals surface area contributed by atoms with Gasteiger partial charge in [0.25, 0.3) is 0 Å². The van der Waals surface area contributed by atoms with Crippen LogP contribution < -0.4 is 5.32 Å². The van der Waals surface area contributed by atoms with Crippen LogP contribution in [0.3, 0.4) is 0 Å². The number of aliphatic hydroxyl groups excluding tert-OH is 1. The maximum absolute atomic E-state index is 12.6. The Morgan fingerprint density at radius 3 is 2.65 bits per heavy atom. The molecule has 0 saturated carbocycles. The SMILES string of the molecule is CSCC(CCO)NCc1cc(C(F)(F)F)ccc1Cl. The summed E-state index contributed by atoms with van der Waals surface area (Å²) < 4.78 is 37.9. The van der Waals surface area contributed by atoms with E-state index >= 15 is 0 Å². The molecule has 114 valence electrons. The van der Waals surface area contributed by atoms with Crippen LogP contribution in [0, 0.1) is 0 Å². The lowest BCUT2D eigenvalue weighted by Crippen LogP contribution is -2.32. The molecule has 1 atom stereocenters. The lowest BCUT2D eigenvalue weighted by Gasteiger charge is -2.18. The van der Waals surface area contributed by atoms with Gasteiger partial charge in [-0.15, -0.1) is 0 Å². The second-order valence-corrected chi connectivity index (χ2v) is 5.67. The molecule has 0 spiro atoms. The summed E-state index contributed by atoms with van der Waals surface area (Å²) in [5, 5.41) is 12.4. The Morgan fingerprint density at radius 1 is 1.40 bits per heavy atom. The summed E-state index contributed by atoms with van der Waals surface area (Å²) in [4.78, 5) is 0. The van der Waals surface area contributed by atoms with E-state index in [1.807, 2.05) is 6.26 Å². The van der Waals surface area contributed by atoms with Crippen molar-refractivity contribution in [2.45, 2.75) is 25.2 Å². The monoisotopic (exact) mass is 327 g/mol. The Morgan fingerprint density at radius 2 is 2.10 bits per heavy atom. The first-order chi connectivity index (χ1) is 9.38. The van der Waals surface area contributed by atoms with Crippen LogP contribution in [0.4, 0.5) is 13.2 Å². The summed E-state index contributed by atoms with van der Waals surface area (Å²) in [6, 6.07) is 3.33. The number of hydrogen-bond donors (Lipinski definition) is 2. The van der Waals surface area contributed by atoms with E-state index in [1.54, 1.807) is 11.8 Å². The van der Waals surface area contributed by atoms with E-state index in [9.17, 15) is 13.2 Å². The summed E-state index contributed by atoms with van der Waals surface area (Å²) >= 11 is 7.53. The van der Waals surface area contributed by atoms with Gasteiger partial charge in [0.2, 0.25) is 0 Å². The van der Waals surface area contributed by atoms with Crippen molar-refractivity contribution < 1.29 is 18.3 Å². The molecule has 1 unspecified atom stereocenters. The van der Waals surface area contributed by atoms with Gasteiger partial charge >= 0.3 is 6.18 Å². The molecule has 0 amide bonds. The Labute approximate surface area is 125 Å². The number of benzene rings is 1. The van der Waals surface area contributed by atoms with Crippen LogP contribution in [0.1, 0.15) is 17.5 Å². The number of alkyl halides is 3. The highest BCUT2D eigenvalue weighted by Crippen LogP contribution is 2.31. The van der Waals surface area contributed by atoms with Crippen molar-refractivity contribution in [3.8, 4) is 0 Å². The van der Waals surface area contributed by atoms with Crippen LogP contribution >= 0.6 is 23.4 Å². The maximum atomic E-state index is 12.6. The Balaban J connectivity index is 2.75. The first kappa shape index (κ1) is 17.6. The number of thioether (sulfide) groups is 1. The van der Waals surface area contributed by atoms with Crippen molar-refractivity contribution in [1.82, 2.24) is 5.32 Å². The van der Waals surface area contributed by atoms with E-state index in [0.717, 1.165) is 17.9 Å². The molecule has 1 aromatic carbocycles. The molecule has 0 aromatic heterocycles. The van der Waals surface area contributed by atoms with Gasteiger partial charge in [0.05, 0.1) is 5.56 Å². The molecular formula is C13H17ClF3NOS. The molecule has 0 fully saturated rings. The van der Waals surface area contributed by atoms with Crippen molar-refractivity contribution in [3.05, 3.63) is 34.3 Å². The average Bonchev–Trinajstić information content (AvgIpc) is 2.36. The molecule has 1 rings (SSSR count). The molecule has 0 bridgehead atoms. The number of aliphatic hydroxyl groups is 1. The fourth-order valence-corrected chi connectivity index (χ4v) is 2.61. The first-order valence-corrected chi connectivity index (χ1v) is 7.84. The second kappa shape index (κ2) is 8.12. The number of rotatable bonds is 7. The second-order valence-electron chi connectivity index (χ2n) is 4.35. The average molecular weight is 328 g/mol. The van der Waals surface area contributed by atoms with Gasteiger partial charge in [0, 0.05) is 30.0 Å². The van der Waals surface area contributed by atoms with Gasteiger partial charge in [-0.05, 0) is 36.4 Å². The topological polar surface area (TPSA) is 32.3 Å². The van der Waals surface area contributed by atoms with Crippen molar-refractivity contribution in [1.29, 1.82) is 0 Å². The summed E-state index contributed by atoms with van der Waals surface area (Å²) in [6.07, 6.45) is -1.89. The molecule has 2 nitrogen and oxygen atoms in total. The summed E-state index contributed by atoms with van der Waals surface area (Å²) in [7, 11) is 0. The highest BCUT2D eigenvalue weighted by Gasteiger charge is 2.30. The van der Waals surface area contributed by atoms with Crippen molar-refractivity contribution in [3.63, 3.8) is 0 Å². The first-order valence-electron chi connectivity index (χ1n) is 6.07. The quantitative estimate of drug-likeness (QED) is 0.803. The van der Waals surface area contributed by atoms with Crippen molar-refractivity contribution >= 4 is 23.4 Å². The Hall–Kier alpha value is -0.430. The van der Waals surface area contributed by atoms with E-state index in [0.29, 0.717) is 17.0 Å².